The summed E-state index contributed by atoms with van der Waals surface area (Å²) in [6.45, 7) is 46.2. The average Bonchev–Trinajstić information content (AvgIpc) is 3.36. The Kier molecular flexibility index (Phi) is 36.4. The van der Waals surface area contributed by atoms with E-state index in [1.165, 1.54) is 99.5 Å². The molecule has 0 saturated heterocycles. The van der Waals surface area contributed by atoms with E-state index in [0.717, 1.165) is 53.1 Å². The van der Waals surface area contributed by atoms with Gasteiger partial charge in [0.15, 0.2) is 5.69 Å². The largest absolute Gasteiger partial charge is 0.238 e. The summed E-state index contributed by atoms with van der Waals surface area (Å²) in [6.07, 6.45) is 7.38. The normalized spacial score (nSPS) is 10.5. The summed E-state index contributed by atoms with van der Waals surface area (Å²) in [5, 5.41) is 0.817. The van der Waals surface area contributed by atoms with Crippen molar-refractivity contribution >= 4 is 17.3 Å². The first-order valence-corrected chi connectivity index (χ1v) is 29.5. The standard InChI is InChI=1S/C11H13N.4C11H16.C10H13Cl.C10H12F2/c1-9(2)8-10-6-4-5-7-11(10)12-3;2*1-9(2)8-11-6-4-10(3)5-7-11;1-9(2)7-11-6-4-5-10(3)8-11;1-9(2)8-11-7-5-4-6-10(11)3;1-8(2)7-9-3-5-10(11)6-4-9;1-7(2)6-8-9(11)4-3-5-10(8)12/h4-7,9H,8H2,1-2H3;2*4-7,9H,8H2,1-3H3;4-6,8-9H,7H2,1-3H3;4-7,9H,8H2,1-3H3;3-6,8H,7H2,1-2H3;3-5,7H,6H2,1-2H3. The predicted molar refractivity (Wildman–Crippen MR) is 345 cm³/mol. The maximum absolute atomic E-state index is 13.0. The van der Waals surface area contributed by atoms with Gasteiger partial charge in [-0.25, -0.2) is 13.6 Å². The van der Waals surface area contributed by atoms with Crippen LogP contribution in [0.4, 0.5) is 14.5 Å². The van der Waals surface area contributed by atoms with Gasteiger partial charge in [0.1, 0.15) is 11.6 Å². The average molecular weight is 1090 g/mol. The number of para-hydroxylation sites is 1. The van der Waals surface area contributed by atoms with E-state index in [1.807, 2.05) is 50.2 Å². The minimum Gasteiger partial charge on any atom is -0.238 e. The minimum absolute atomic E-state index is 0.201. The van der Waals surface area contributed by atoms with Gasteiger partial charge in [0.25, 0.3) is 0 Å². The zero-order valence-corrected chi connectivity index (χ0v) is 52.9. The molecule has 0 spiro atoms. The van der Waals surface area contributed by atoms with Crippen LogP contribution in [0, 0.1) is 87.3 Å². The van der Waals surface area contributed by atoms with E-state index < -0.39 is 11.6 Å². The first-order chi connectivity index (χ1) is 37.3. The van der Waals surface area contributed by atoms with E-state index in [9.17, 15) is 8.78 Å². The lowest BCUT2D eigenvalue weighted by atomic mass is 9.99. The first kappa shape index (κ1) is 71.2. The van der Waals surface area contributed by atoms with Crippen LogP contribution >= 0.6 is 11.6 Å². The van der Waals surface area contributed by atoms with Crippen molar-refractivity contribution < 1.29 is 8.78 Å². The van der Waals surface area contributed by atoms with Crippen LogP contribution in [0.1, 0.15) is 158 Å². The second kappa shape index (κ2) is 40.4. The molecule has 4 heteroatoms. The van der Waals surface area contributed by atoms with E-state index in [4.69, 9.17) is 18.2 Å². The molecule has 0 radical (unpaired) electrons. The predicted octanol–water partition coefficient (Wildman–Crippen LogP) is 22.9. The fourth-order valence-electron chi connectivity index (χ4n) is 8.44. The lowest BCUT2D eigenvalue weighted by Crippen LogP contribution is -2.00. The summed E-state index contributed by atoms with van der Waals surface area (Å²) in [5.74, 6) is 3.77. The zero-order chi connectivity index (χ0) is 59.5. The van der Waals surface area contributed by atoms with Gasteiger partial charge in [-0.15, -0.1) is 0 Å². The summed E-state index contributed by atoms with van der Waals surface area (Å²) in [7, 11) is 0. The highest BCUT2D eigenvalue weighted by molar-refractivity contribution is 6.30. The van der Waals surface area contributed by atoms with Gasteiger partial charge in [0.05, 0.1) is 6.57 Å². The van der Waals surface area contributed by atoms with Crippen molar-refractivity contribution in [3.8, 4) is 0 Å². The second-order valence-electron chi connectivity index (χ2n) is 24.1. The van der Waals surface area contributed by atoms with Crippen molar-refractivity contribution in [1.29, 1.82) is 0 Å². The highest BCUT2D eigenvalue weighted by Gasteiger charge is 2.09. The Morgan fingerprint density at radius 1 is 0.354 bits per heavy atom. The molecule has 0 aromatic heterocycles. The quantitative estimate of drug-likeness (QED) is 0.0956. The van der Waals surface area contributed by atoms with E-state index in [1.54, 1.807) is 0 Å². The van der Waals surface area contributed by atoms with Gasteiger partial charge >= 0.3 is 0 Å². The number of rotatable bonds is 14. The Bertz CT molecular complexity index is 2560. The van der Waals surface area contributed by atoms with Crippen LogP contribution in [0.15, 0.2) is 164 Å². The molecule has 79 heavy (non-hydrogen) atoms. The molecular formula is C75H102ClF2N. The molecule has 0 bridgehead atoms. The number of hydrogen-bond acceptors (Lipinski definition) is 0. The molecule has 0 aliphatic carbocycles. The monoisotopic (exact) mass is 1090 g/mol. The summed E-state index contributed by atoms with van der Waals surface area (Å²) < 4.78 is 25.9. The molecule has 428 valence electrons. The molecule has 7 aromatic carbocycles. The maximum atomic E-state index is 13.0. The highest BCUT2D eigenvalue weighted by Crippen LogP contribution is 2.22. The minimum atomic E-state index is -0.441. The number of aryl methyl sites for hydroxylation is 4. The number of halogens is 3. The molecule has 1 nitrogen and oxygen atoms in total. The molecule has 0 amide bonds. The molecule has 0 N–H and O–H groups in total. The van der Waals surface area contributed by atoms with Crippen LogP contribution in [-0.2, 0) is 44.9 Å². The molecule has 0 saturated carbocycles. The molecule has 0 atom stereocenters. The Labute approximate surface area is 487 Å². The van der Waals surface area contributed by atoms with Gasteiger partial charge < -0.3 is 0 Å². The summed E-state index contributed by atoms with van der Waals surface area (Å²) >= 11 is 5.75. The molecule has 7 aromatic rings. The van der Waals surface area contributed by atoms with Crippen molar-refractivity contribution in [3.63, 3.8) is 0 Å². The van der Waals surface area contributed by atoms with Crippen LogP contribution in [-0.4, -0.2) is 0 Å². The Hall–Kier alpha value is -5.82. The lowest BCUT2D eigenvalue weighted by molar-refractivity contribution is 0.525. The lowest BCUT2D eigenvalue weighted by Gasteiger charge is -2.07. The van der Waals surface area contributed by atoms with E-state index in [0.29, 0.717) is 12.3 Å². The van der Waals surface area contributed by atoms with Gasteiger partial charge in [-0.1, -0.05) is 265 Å². The van der Waals surface area contributed by atoms with Crippen LogP contribution in [0.25, 0.3) is 4.85 Å². The Balaban J connectivity index is 0.000000461. The molecule has 0 fully saturated rings. The number of nitrogens with zero attached hydrogens (tertiary/aromatic N) is 1. The second-order valence-corrected chi connectivity index (χ2v) is 24.6. The summed E-state index contributed by atoms with van der Waals surface area (Å²) in [6, 6.07) is 54.8. The third kappa shape index (κ3) is 35.4. The Morgan fingerprint density at radius 3 is 1.10 bits per heavy atom. The molecule has 0 heterocycles. The zero-order valence-electron chi connectivity index (χ0n) is 52.2. The van der Waals surface area contributed by atoms with Crippen molar-refractivity contribution in [2.75, 3.05) is 0 Å². The summed E-state index contributed by atoms with van der Waals surface area (Å²) in [4.78, 5) is 3.47. The van der Waals surface area contributed by atoms with Gasteiger partial charge in [0, 0.05) is 10.6 Å². The molecular weight excluding hydrogens is 988 g/mol. The number of hydrogen-bond donors (Lipinski definition) is 0. The van der Waals surface area contributed by atoms with Crippen molar-refractivity contribution in [1.82, 2.24) is 0 Å². The third-order valence-electron chi connectivity index (χ3n) is 12.1. The topological polar surface area (TPSA) is 4.36 Å². The van der Waals surface area contributed by atoms with Crippen LogP contribution in [0.3, 0.4) is 0 Å². The maximum Gasteiger partial charge on any atom is 0.190 e. The van der Waals surface area contributed by atoms with Crippen LogP contribution in [0.2, 0.25) is 5.02 Å². The first-order valence-electron chi connectivity index (χ1n) is 29.1. The van der Waals surface area contributed by atoms with Gasteiger partial charge in [0.2, 0.25) is 0 Å². The van der Waals surface area contributed by atoms with Crippen molar-refractivity contribution in [3.05, 3.63) is 253 Å². The van der Waals surface area contributed by atoms with Gasteiger partial charge in [-0.3, -0.25) is 0 Å². The van der Waals surface area contributed by atoms with E-state index in [2.05, 4.69) is 225 Å². The van der Waals surface area contributed by atoms with Crippen molar-refractivity contribution in [2.24, 2.45) is 41.4 Å². The van der Waals surface area contributed by atoms with Gasteiger partial charge in [-0.05, 0) is 177 Å². The van der Waals surface area contributed by atoms with Crippen molar-refractivity contribution in [2.45, 2.75) is 170 Å². The highest BCUT2D eigenvalue weighted by atomic mass is 35.5. The third-order valence-corrected chi connectivity index (χ3v) is 12.4. The molecule has 0 aliphatic heterocycles. The number of benzene rings is 7. The molecule has 0 unspecified atom stereocenters. The SMILES string of the molecule is CC(C)Cc1c(F)cccc1F.CC(C)Cc1ccc(Cl)cc1.Cc1ccc(CC(C)C)cc1.Cc1ccc(CC(C)C)cc1.Cc1cccc(CC(C)C)c1.Cc1ccccc1CC(C)C.[C-]#[N+]c1ccccc1CC(C)C. The smallest absolute Gasteiger partial charge is 0.190 e. The fraction of sp³-hybridized carbons (Fsp3) is 0.427. The van der Waals surface area contributed by atoms with Crippen LogP contribution < -0.4 is 0 Å². The molecule has 7 rings (SSSR count). The van der Waals surface area contributed by atoms with E-state index >= 15 is 0 Å². The Morgan fingerprint density at radius 2 is 0.709 bits per heavy atom. The fourth-order valence-corrected chi connectivity index (χ4v) is 8.57. The molecule has 0 aliphatic rings. The van der Waals surface area contributed by atoms with Gasteiger partial charge in [-0.2, -0.15) is 0 Å². The van der Waals surface area contributed by atoms with Crippen LogP contribution in [0.5, 0.6) is 0 Å². The van der Waals surface area contributed by atoms with E-state index in [-0.39, 0.29) is 11.5 Å². The summed E-state index contributed by atoms with van der Waals surface area (Å²) in [5.41, 5.74) is 14.9.